The summed E-state index contributed by atoms with van der Waals surface area (Å²) in [5, 5.41) is 8.18. The maximum atomic E-state index is 5.21. The first-order valence-electron chi connectivity index (χ1n) is 7.88. The second-order valence-corrected chi connectivity index (χ2v) is 6.06. The van der Waals surface area contributed by atoms with Crippen LogP contribution in [0.25, 0.3) is 5.65 Å². The average Bonchev–Trinajstić information content (AvgIpc) is 3.36. The van der Waals surface area contributed by atoms with Gasteiger partial charge in [0.15, 0.2) is 5.82 Å². The van der Waals surface area contributed by atoms with Gasteiger partial charge in [0.05, 0.1) is 19.2 Å². The lowest BCUT2D eigenvalue weighted by molar-refractivity contribution is 0.396. The Kier molecular flexibility index (Phi) is 2.81. The molecule has 3 aromatic heterocycles. The molecule has 2 bridgehead atoms. The fourth-order valence-electron chi connectivity index (χ4n) is 3.70. The second-order valence-electron chi connectivity index (χ2n) is 6.06. The minimum absolute atomic E-state index is 0.368. The van der Waals surface area contributed by atoms with Crippen LogP contribution in [0.3, 0.4) is 0 Å². The molecule has 24 heavy (non-hydrogen) atoms. The third-order valence-electron chi connectivity index (χ3n) is 4.79. The van der Waals surface area contributed by atoms with E-state index in [2.05, 4.69) is 34.9 Å². The molecule has 2 fully saturated rings. The molecule has 2 saturated heterocycles. The number of methoxy groups -OCH3 is 1. The van der Waals surface area contributed by atoms with Crippen molar-refractivity contribution in [3.63, 3.8) is 0 Å². The summed E-state index contributed by atoms with van der Waals surface area (Å²) in [7, 11) is 1.62. The highest BCUT2D eigenvalue weighted by molar-refractivity contribution is 5.66. The molecule has 0 radical (unpaired) electrons. The zero-order valence-corrected chi connectivity index (χ0v) is 13.1. The summed E-state index contributed by atoms with van der Waals surface area (Å²) in [6.45, 7) is 1.75. The Bertz CT molecular complexity index is 896. The number of aromatic nitrogens is 6. The molecule has 5 heterocycles. The molecular formula is C15H16N8O. The van der Waals surface area contributed by atoms with Crippen molar-refractivity contribution >= 4 is 17.4 Å². The van der Waals surface area contributed by atoms with Crippen LogP contribution in [-0.2, 0) is 0 Å². The van der Waals surface area contributed by atoms with Gasteiger partial charge in [-0.2, -0.15) is 4.98 Å². The Morgan fingerprint density at radius 1 is 1.12 bits per heavy atom. The van der Waals surface area contributed by atoms with E-state index in [4.69, 9.17) is 4.74 Å². The zero-order chi connectivity index (χ0) is 16.1. The van der Waals surface area contributed by atoms with Crippen LogP contribution >= 0.6 is 0 Å². The topological polar surface area (TPSA) is 84.6 Å². The van der Waals surface area contributed by atoms with Crippen molar-refractivity contribution in [2.24, 2.45) is 0 Å². The predicted molar refractivity (Wildman–Crippen MR) is 86.3 cm³/mol. The van der Waals surface area contributed by atoms with Gasteiger partial charge in [-0.05, 0) is 6.42 Å². The lowest BCUT2D eigenvalue weighted by atomic mass is 10.2. The summed E-state index contributed by atoms with van der Waals surface area (Å²) in [5.74, 6) is 2.22. The number of ether oxygens (including phenoxy) is 1. The fourth-order valence-corrected chi connectivity index (χ4v) is 3.70. The molecule has 3 aromatic rings. The van der Waals surface area contributed by atoms with E-state index >= 15 is 0 Å². The van der Waals surface area contributed by atoms with E-state index in [0.29, 0.717) is 18.0 Å². The lowest BCUT2D eigenvalue weighted by Gasteiger charge is -2.34. The summed E-state index contributed by atoms with van der Waals surface area (Å²) in [4.78, 5) is 18.0. The molecule has 0 N–H and O–H groups in total. The van der Waals surface area contributed by atoms with Crippen LogP contribution in [-0.4, -0.2) is 61.8 Å². The summed E-state index contributed by atoms with van der Waals surface area (Å²) in [5.41, 5.74) is 0.800. The normalized spacial score (nSPS) is 22.5. The molecule has 0 amide bonds. The van der Waals surface area contributed by atoms with E-state index in [1.54, 1.807) is 31.9 Å². The molecule has 122 valence electrons. The molecular weight excluding hydrogens is 308 g/mol. The van der Waals surface area contributed by atoms with Gasteiger partial charge in [0.2, 0.25) is 17.5 Å². The Labute approximate surface area is 137 Å². The molecule has 9 nitrogen and oxygen atoms in total. The Balaban J connectivity index is 1.43. The molecule has 0 spiro atoms. The minimum atomic E-state index is 0.368. The lowest BCUT2D eigenvalue weighted by Crippen LogP contribution is -2.47. The van der Waals surface area contributed by atoms with E-state index < -0.39 is 0 Å². The smallest absolute Gasteiger partial charge is 0.228 e. The van der Waals surface area contributed by atoms with Gasteiger partial charge in [0.25, 0.3) is 0 Å². The van der Waals surface area contributed by atoms with Crippen molar-refractivity contribution in [2.45, 2.75) is 18.5 Å². The van der Waals surface area contributed by atoms with Crippen LogP contribution in [0.4, 0.5) is 11.8 Å². The number of anilines is 2. The van der Waals surface area contributed by atoms with E-state index in [-0.39, 0.29) is 0 Å². The summed E-state index contributed by atoms with van der Waals surface area (Å²) in [6.07, 6.45) is 8.16. The first kappa shape index (κ1) is 13.5. The van der Waals surface area contributed by atoms with Gasteiger partial charge in [0.1, 0.15) is 6.33 Å². The number of hydrogen-bond donors (Lipinski definition) is 0. The molecule has 2 aliphatic rings. The standard InChI is InChI=1S/C15H16N8O/c1-24-12-2-3-17-15(19-12)23-8-10-6-11(23)7-22(10)13-14-20-18-9-21(14)5-4-16-13/h2-5,9-11H,6-8H2,1H3. The maximum absolute atomic E-state index is 5.21. The SMILES string of the molecule is COc1ccnc(N2CC3CC2CN3c2nccn3cnnc23)n1. The van der Waals surface area contributed by atoms with Gasteiger partial charge in [0, 0.05) is 37.7 Å². The Morgan fingerprint density at radius 3 is 2.83 bits per heavy atom. The Hall–Kier alpha value is -2.97. The molecule has 9 heteroatoms. The van der Waals surface area contributed by atoms with Crippen LogP contribution in [0.2, 0.25) is 0 Å². The van der Waals surface area contributed by atoms with Crippen molar-refractivity contribution in [3.05, 3.63) is 31.0 Å². The number of piperazine rings is 1. The van der Waals surface area contributed by atoms with Gasteiger partial charge in [-0.25, -0.2) is 9.97 Å². The van der Waals surface area contributed by atoms with Crippen molar-refractivity contribution in [3.8, 4) is 5.88 Å². The third kappa shape index (κ3) is 1.90. The average molecular weight is 324 g/mol. The predicted octanol–water partition coefficient (Wildman–Crippen LogP) is 0.390. The van der Waals surface area contributed by atoms with Crippen LogP contribution in [0.1, 0.15) is 6.42 Å². The molecule has 5 rings (SSSR count). The van der Waals surface area contributed by atoms with Gasteiger partial charge in [-0.15, -0.1) is 10.2 Å². The van der Waals surface area contributed by atoms with Crippen molar-refractivity contribution < 1.29 is 4.74 Å². The molecule has 2 atom stereocenters. The largest absolute Gasteiger partial charge is 0.481 e. The van der Waals surface area contributed by atoms with Crippen LogP contribution in [0.15, 0.2) is 31.0 Å². The molecule has 0 aliphatic carbocycles. The van der Waals surface area contributed by atoms with Crippen LogP contribution < -0.4 is 14.5 Å². The monoisotopic (exact) mass is 324 g/mol. The number of rotatable bonds is 3. The van der Waals surface area contributed by atoms with E-state index in [1.807, 2.05) is 10.6 Å². The number of hydrogen-bond acceptors (Lipinski definition) is 8. The van der Waals surface area contributed by atoms with Gasteiger partial charge >= 0.3 is 0 Å². The first-order valence-corrected chi connectivity index (χ1v) is 7.88. The van der Waals surface area contributed by atoms with Gasteiger partial charge in [-0.3, -0.25) is 4.40 Å². The second kappa shape index (κ2) is 5.02. The van der Waals surface area contributed by atoms with E-state index in [0.717, 1.165) is 36.9 Å². The van der Waals surface area contributed by atoms with Crippen molar-refractivity contribution in [2.75, 3.05) is 30.0 Å². The highest BCUT2D eigenvalue weighted by atomic mass is 16.5. The summed E-state index contributed by atoms with van der Waals surface area (Å²) < 4.78 is 7.11. The van der Waals surface area contributed by atoms with E-state index in [1.165, 1.54) is 0 Å². The summed E-state index contributed by atoms with van der Waals surface area (Å²) in [6, 6.07) is 2.51. The van der Waals surface area contributed by atoms with Crippen LogP contribution in [0.5, 0.6) is 5.88 Å². The molecule has 2 aliphatic heterocycles. The van der Waals surface area contributed by atoms with Crippen molar-refractivity contribution in [1.82, 2.24) is 29.5 Å². The quantitative estimate of drug-likeness (QED) is 0.684. The number of nitrogens with zero attached hydrogens (tertiary/aromatic N) is 8. The number of fused-ring (bicyclic) bond motifs is 3. The highest BCUT2D eigenvalue weighted by Gasteiger charge is 2.45. The third-order valence-corrected chi connectivity index (χ3v) is 4.79. The van der Waals surface area contributed by atoms with Crippen LogP contribution in [0, 0.1) is 0 Å². The fraction of sp³-hybridized carbons (Fsp3) is 0.400. The van der Waals surface area contributed by atoms with Crippen molar-refractivity contribution in [1.29, 1.82) is 0 Å². The maximum Gasteiger partial charge on any atom is 0.228 e. The first-order chi connectivity index (χ1) is 11.8. The minimum Gasteiger partial charge on any atom is -0.481 e. The zero-order valence-electron chi connectivity index (χ0n) is 13.1. The molecule has 0 aromatic carbocycles. The highest BCUT2D eigenvalue weighted by Crippen LogP contribution is 2.36. The van der Waals surface area contributed by atoms with Gasteiger partial charge in [-0.1, -0.05) is 0 Å². The molecule has 0 saturated carbocycles. The molecule has 2 unspecified atom stereocenters. The van der Waals surface area contributed by atoms with E-state index in [9.17, 15) is 0 Å². The Morgan fingerprint density at radius 2 is 2.00 bits per heavy atom. The van der Waals surface area contributed by atoms with Gasteiger partial charge < -0.3 is 14.5 Å². The summed E-state index contributed by atoms with van der Waals surface area (Å²) >= 11 is 0.